The van der Waals surface area contributed by atoms with Crippen LogP contribution in [-0.4, -0.2) is 16.4 Å². The first-order valence-corrected chi connectivity index (χ1v) is 4.04. The van der Waals surface area contributed by atoms with E-state index in [1.165, 1.54) is 0 Å². The van der Waals surface area contributed by atoms with Crippen LogP contribution in [0.4, 0.5) is 0 Å². The topological polar surface area (TPSA) is 27.1 Å². The van der Waals surface area contributed by atoms with Crippen LogP contribution in [0.5, 0.6) is 5.88 Å². The summed E-state index contributed by atoms with van der Waals surface area (Å²) < 4.78 is 6.99. The number of aryl methyl sites for hydroxylation is 1. The summed E-state index contributed by atoms with van der Waals surface area (Å²) >= 11 is 4.18. The molecule has 0 aliphatic rings. The van der Waals surface area contributed by atoms with E-state index in [1.807, 2.05) is 13.2 Å². The van der Waals surface area contributed by atoms with Crippen LogP contribution in [0.25, 0.3) is 0 Å². The molecule has 0 aliphatic carbocycles. The molecule has 0 aliphatic heterocycles. The van der Waals surface area contributed by atoms with Crippen LogP contribution in [-0.2, 0) is 7.05 Å². The summed E-state index contributed by atoms with van der Waals surface area (Å²) in [5.41, 5.74) is 0. The second kappa shape index (κ2) is 3.67. The first-order valence-electron chi connectivity index (χ1n) is 3.59. The second-order valence-corrected chi connectivity index (χ2v) is 2.82. The standard InChI is InChI=1S/C7H12N2OS/c1-3-4-10-7-6(11)5-9(2)8-7/h5,11H,3-4H2,1-2H3. The van der Waals surface area contributed by atoms with Crippen molar-refractivity contribution in [2.45, 2.75) is 18.2 Å². The fraction of sp³-hybridized carbons (Fsp3) is 0.571. The Morgan fingerprint density at radius 1 is 1.73 bits per heavy atom. The van der Waals surface area contributed by atoms with Crippen LogP contribution in [0.1, 0.15) is 13.3 Å². The van der Waals surface area contributed by atoms with Gasteiger partial charge in [-0.3, -0.25) is 4.68 Å². The highest BCUT2D eigenvalue weighted by atomic mass is 32.1. The van der Waals surface area contributed by atoms with Gasteiger partial charge in [-0.25, -0.2) is 0 Å². The van der Waals surface area contributed by atoms with Crippen molar-refractivity contribution in [3.63, 3.8) is 0 Å². The molecule has 1 aromatic rings. The van der Waals surface area contributed by atoms with Gasteiger partial charge in [0, 0.05) is 13.2 Å². The summed E-state index contributed by atoms with van der Waals surface area (Å²) in [6, 6.07) is 0. The number of nitrogens with zero attached hydrogens (tertiary/aromatic N) is 2. The molecule has 0 atom stereocenters. The molecule has 0 radical (unpaired) electrons. The first-order chi connectivity index (χ1) is 5.24. The predicted molar refractivity (Wildman–Crippen MR) is 46.2 cm³/mol. The van der Waals surface area contributed by atoms with Crippen molar-refractivity contribution in [1.29, 1.82) is 0 Å². The smallest absolute Gasteiger partial charge is 0.246 e. The zero-order chi connectivity index (χ0) is 8.27. The van der Waals surface area contributed by atoms with E-state index >= 15 is 0 Å². The molecule has 62 valence electrons. The lowest BCUT2D eigenvalue weighted by Crippen LogP contribution is -1.97. The second-order valence-electron chi connectivity index (χ2n) is 2.34. The maximum Gasteiger partial charge on any atom is 0.246 e. The van der Waals surface area contributed by atoms with E-state index in [0.717, 1.165) is 11.3 Å². The third-order valence-electron chi connectivity index (χ3n) is 1.22. The fourth-order valence-corrected chi connectivity index (χ4v) is 1.03. The van der Waals surface area contributed by atoms with Crippen molar-refractivity contribution in [3.05, 3.63) is 6.20 Å². The van der Waals surface area contributed by atoms with Gasteiger partial charge in [0.1, 0.15) is 0 Å². The van der Waals surface area contributed by atoms with Crippen LogP contribution in [0, 0.1) is 0 Å². The number of aromatic nitrogens is 2. The Bertz CT molecular complexity index is 234. The van der Waals surface area contributed by atoms with E-state index < -0.39 is 0 Å². The third-order valence-corrected chi connectivity index (χ3v) is 1.53. The van der Waals surface area contributed by atoms with Crippen molar-refractivity contribution in [2.75, 3.05) is 6.61 Å². The van der Waals surface area contributed by atoms with Crippen molar-refractivity contribution in [3.8, 4) is 5.88 Å². The van der Waals surface area contributed by atoms with E-state index in [2.05, 4.69) is 24.7 Å². The van der Waals surface area contributed by atoms with Crippen LogP contribution in [0.15, 0.2) is 11.1 Å². The van der Waals surface area contributed by atoms with E-state index in [0.29, 0.717) is 12.5 Å². The van der Waals surface area contributed by atoms with E-state index in [9.17, 15) is 0 Å². The Morgan fingerprint density at radius 3 is 2.91 bits per heavy atom. The first kappa shape index (κ1) is 8.46. The Hall–Kier alpha value is -0.640. The molecule has 1 aromatic heterocycles. The molecule has 1 rings (SSSR count). The lowest BCUT2D eigenvalue weighted by molar-refractivity contribution is 0.296. The molecule has 0 unspecified atom stereocenters. The largest absolute Gasteiger partial charge is 0.476 e. The molecule has 4 heteroatoms. The summed E-state index contributed by atoms with van der Waals surface area (Å²) in [4.78, 5) is 0.793. The Balaban J connectivity index is 2.62. The molecule has 0 spiro atoms. The van der Waals surface area contributed by atoms with Gasteiger partial charge in [0.15, 0.2) is 0 Å². The molecule has 0 saturated carbocycles. The van der Waals surface area contributed by atoms with Gasteiger partial charge in [-0.15, -0.1) is 17.7 Å². The highest BCUT2D eigenvalue weighted by Gasteiger charge is 2.03. The molecule has 0 amide bonds. The SMILES string of the molecule is CCCOc1nn(C)cc1S. The Morgan fingerprint density at radius 2 is 2.45 bits per heavy atom. The molecule has 0 saturated heterocycles. The molecule has 3 nitrogen and oxygen atoms in total. The lowest BCUT2D eigenvalue weighted by Gasteiger charge is -1.98. The van der Waals surface area contributed by atoms with Gasteiger partial charge in [-0.2, -0.15) is 0 Å². The summed E-state index contributed by atoms with van der Waals surface area (Å²) in [5, 5.41) is 4.07. The molecule has 1 heterocycles. The maximum absolute atomic E-state index is 5.30. The zero-order valence-electron chi connectivity index (χ0n) is 6.74. The minimum Gasteiger partial charge on any atom is -0.476 e. The van der Waals surface area contributed by atoms with E-state index in [-0.39, 0.29) is 0 Å². The predicted octanol–water partition coefficient (Wildman–Crippen LogP) is 1.50. The van der Waals surface area contributed by atoms with Crippen LogP contribution in [0.2, 0.25) is 0 Å². The molecular formula is C7H12N2OS. The van der Waals surface area contributed by atoms with Crippen LogP contribution >= 0.6 is 12.6 Å². The summed E-state index contributed by atoms with van der Waals surface area (Å²) in [6.45, 7) is 2.76. The molecule has 0 N–H and O–H groups in total. The molecule has 11 heavy (non-hydrogen) atoms. The number of hydrogen-bond donors (Lipinski definition) is 1. The Kier molecular flexibility index (Phi) is 2.82. The minimum absolute atomic E-state index is 0.623. The fourth-order valence-electron chi connectivity index (χ4n) is 0.757. The monoisotopic (exact) mass is 172 g/mol. The third kappa shape index (κ3) is 2.15. The van der Waals surface area contributed by atoms with E-state index in [1.54, 1.807) is 4.68 Å². The molecular weight excluding hydrogens is 160 g/mol. The van der Waals surface area contributed by atoms with Crippen molar-refractivity contribution in [2.24, 2.45) is 7.05 Å². The van der Waals surface area contributed by atoms with Gasteiger partial charge in [0.2, 0.25) is 5.88 Å². The lowest BCUT2D eigenvalue weighted by atomic mass is 10.5. The zero-order valence-corrected chi connectivity index (χ0v) is 7.64. The summed E-state index contributed by atoms with van der Waals surface area (Å²) in [5.74, 6) is 0.623. The quantitative estimate of drug-likeness (QED) is 0.699. The number of ether oxygens (including phenoxy) is 1. The maximum atomic E-state index is 5.30. The normalized spacial score (nSPS) is 10.1. The number of thiol groups is 1. The number of rotatable bonds is 3. The van der Waals surface area contributed by atoms with Gasteiger partial charge >= 0.3 is 0 Å². The highest BCUT2D eigenvalue weighted by molar-refractivity contribution is 7.80. The van der Waals surface area contributed by atoms with Crippen molar-refractivity contribution >= 4 is 12.6 Å². The Labute approximate surface area is 71.8 Å². The van der Waals surface area contributed by atoms with Crippen molar-refractivity contribution in [1.82, 2.24) is 9.78 Å². The molecule has 0 fully saturated rings. The van der Waals surface area contributed by atoms with Gasteiger partial charge in [0.05, 0.1) is 11.5 Å². The average molecular weight is 172 g/mol. The highest BCUT2D eigenvalue weighted by Crippen LogP contribution is 2.18. The van der Waals surface area contributed by atoms with Gasteiger partial charge in [-0.05, 0) is 6.42 Å². The van der Waals surface area contributed by atoms with Crippen LogP contribution in [0.3, 0.4) is 0 Å². The van der Waals surface area contributed by atoms with E-state index in [4.69, 9.17) is 4.74 Å². The van der Waals surface area contributed by atoms with Crippen molar-refractivity contribution < 1.29 is 4.74 Å². The average Bonchev–Trinajstić information content (AvgIpc) is 2.26. The van der Waals surface area contributed by atoms with Crippen LogP contribution < -0.4 is 4.74 Å². The van der Waals surface area contributed by atoms with Gasteiger partial charge in [-0.1, -0.05) is 6.92 Å². The molecule has 0 aromatic carbocycles. The minimum atomic E-state index is 0.623. The van der Waals surface area contributed by atoms with Gasteiger partial charge < -0.3 is 4.74 Å². The van der Waals surface area contributed by atoms with Gasteiger partial charge in [0.25, 0.3) is 0 Å². The molecule has 0 bridgehead atoms. The summed E-state index contributed by atoms with van der Waals surface area (Å²) in [7, 11) is 1.85. The number of hydrogen-bond acceptors (Lipinski definition) is 3. The summed E-state index contributed by atoms with van der Waals surface area (Å²) in [6.07, 6.45) is 2.80.